The number of hydrogen-bond donors (Lipinski definition) is 1. The summed E-state index contributed by atoms with van der Waals surface area (Å²) < 4.78 is 17.7. The van der Waals surface area contributed by atoms with Crippen LogP contribution in [0.2, 0.25) is 0 Å². The Morgan fingerprint density at radius 1 is 0.946 bits per heavy atom. The SMILES string of the molecule is CCCCCCCC(=O)N[C@H](CN1CCCC1)[C@H](OC(=O)c1ccccc1)c1ccc2c(c1)OCCO2. The van der Waals surface area contributed by atoms with E-state index in [0.29, 0.717) is 43.2 Å². The van der Waals surface area contributed by atoms with Crippen LogP contribution in [-0.2, 0) is 9.53 Å². The highest BCUT2D eigenvalue weighted by molar-refractivity contribution is 5.89. The average Bonchev–Trinajstić information content (AvgIpc) is 3.44. The van der Waals surface area contributed by atoms with E-state index >= 15 is 0 Å². The van der Waals surface area contributed by atoms with Crippen LogP contribution in [0.4, 0.5) is 0 Å². The summed E-state index contributed by atoms with van der Waals surface area (Å²) in [5.41, 5.74) is 1.26. The van der Waals surface area contributed by atoms with E-state index < -0.39 is 18.1 Å². The number of nitrogens with one attached hydrogen (secondary N) is 1. The molecular weight excluding hydrogens is 468 g/mol. The molecule has 2 aromatic rings. The summed E-state index contributed by atoms with van der Waals surface area (Å²) in [5.74, 6) is 0.891. The summed E-state index contributed by atoms with van der Waals surface area (Å²) in [6, 6.07) is 14.2. The number of unbranched alkanes of at least 4 members (excludes halogenated alkanes) is 4. The Bertz CT molecular complexity index is 1010. The Kier molecular flexibility index (Phi) is 10.2. The molecule has 1 N–H and O–H groups in total. The van der Waals surface area contributed by atoms with Crippen molar-refractivity contribution in [2.24, 2.45) is 0 Å². The van der Waals surface area contributed by atoms with Gasteiger partial charge in [0.05, 0.1) is 11.6 Å². The second kappa shape index (κ2) is 14.0. The number of esters is 1. The normalized spacial score (nSPS) is 16.7. The first-order chi connectivity index (χ1) is 18.1. The molecule has 0 aliphatic carbocycles. The van der Waals surface area contributed by atoms with Gasteiger partial charge in [0, 0.05) is 13.0 Å². The molecule has 0 bridgehead atoms. The summed E-state index contributed by atoms with van der Waals surface area (Å²) in [6.07, 6.45) is 7.50. The third-order valence-corrected chi connectivity index (χ3v) is 7.01. The highest BCUT2D eigenvalue weighted by Gasteiger charge is 2.32. The van der Waals surface area contributed by atoms with Gasteiger partial charge in [-0.2, -0.15) is 0 Å². The van der Waals surface area contributed by atoms with Crippen LogP contribution >= 0.6 is 0 Å². The number of fused-ring (bicyclic) bond motifs is 1. The maximum atomic E-state index is 13.2. The maximum Gasteiger partial charge on any atom is 0.338 e. The van der Waals surface area contributed by atoms with E-state index in [9.17, 15) is 9.59 Å². The molecule has 200 valence electrons. The first kappa shape index (κ1) is 27.0. The highest BCUT2D eigenvalue weighted by atomic mass is 16.6. The minimum absolute atomic E-state index is 0.000927. The van der Waals surface area contributed by atoms with Crippen LogP contribution in [0.15, 0.2) is 48.5 Å². The Labute approximate surface area is 220 Å². The van der Waals surface area contributed by atoms with Gasteiger partial charge in [0.15, 0.2) is 11.5 Å². The van der Waals surface area contributed by atoms with Crippen LogP contribution in [0.25, 0.3) is 0 Å². The number of nitrogens with zero attached hydrogens (tertiary/aromatic N) is 1. The lowest BCUT2D eigenvalue weighted by molar-refractivity contribution is -0.123. The van der Waals surface area contributed by atoms with Crippen molar-refractivity contribution >= 4 is 11.9 Å². The fourth-order valence-corrected chi connectivity index (χ4v) is 5.01. The zero-order valence-corrected chi connectivity index (χ0v) is 22.0. The molecule has 4 rings (SSSR count). The van der Waals surface area contributed by atoms with Crippen LogP contribution in [-0.4, -0.2) is 55.7 Å². The van der Waals surface area contributed by atoms with Crippen LogP contribution in [0.5, 0.6) is 11.5 Å². The number of benzene rings is 2. The molecule has 2 aromatic carbocycles. The molecule has 1 amide bonds. The lowest BCUT2D eigenvalue weighted by atomic mass is 9.99. The summed E-state index contributed by atoms with van der Waals surface area (Å²) in [7, 11) is 0. The molecule has 7 heteroatoms. The zero-order valence-electron chi connectivity index (χ0n) is 22.0. The quantitative estimate of drug-likeness (QED) is 0.292. The van der Waals surface area contributed by atoms with E-state index in [0.717, 1.165) is 50.8 Å². The third kappa shape index (κ3) is 7.96. The first-order valence-electron chi connectivity index (χ1n) is 13.8. The number of carbonyl (C=O) groups excluding carboxylic acids is 2. The molecule has 1 saturated heterocycles. The lowest BCUT2D eigenvalue weighted by Gasteiger charge is -2.32. The van der Waals surface area contributed by atoms with Crippen molar-refractivity contribution < 1.29 is 23.8 Å². The zero-order chi connectivity index (χ0) is 25.9. The second-order valence-corrected chi connectivity index (χ2v) is 9.94. The monoisotopic (exact) mass is 508 g/mol. The van der Waals surface area contributed by atoms with Crippen LogP contribution in [0.1, 0.15) is 80.3 Å². The minimum atomic E-state index is -0.673. The summed E-state index contributed by atoms with van der Waals surface area (Å²) >= 11 is 0. The summed E-state index contributed by atoms with van der Waals surface area (Å²) in [5, 5.41) is 3.24. The second-order valence-electron chi connectivity index (χ2n) is 9.94. The van der Waals surface area contributed by atoms with Crippen LogP contribution < -0.4 is 14.8 Å². The average molecular weight is 509 g/mol. The minimum Gasteiger partial charge on any atom is -0.486 e. The van der Waals surface area contributed by atoms with Gasteiger partial charge in [-0.3, -0.25) is 4.79 Å². The molecule has 1 fully saturated rings. The van der Waals surface area contributed by atoms with Crippen molar-refractivity contribution in [2.45, 2.75) is 70.4 Å². The van der Waals surface area contributed by atoms with E-state index in [1.165, 1.54) is 12.8 Å². The maximum absolute atomic E-state index is 13.2. The van der Waals surface area contributed by atoms with Gasteiger partial charge in [0.1, 0.15) is 19.3 Å². The predicted molar refractivity (Wildman–Crippen MR) is 143 cm³/mol. The van der Waals surface area contributed by atoms with Gasteiger partial charge in [-0.15, -0.1) is 0 Å². The van der Waals surface area contributed by atoms with E-state index in [2.05, 4.69) is 17.1 Å². The van der Waals surface area contributed by atoms with Gasteiger partial charge >= 0.3 is 5.97 Å². The van der Waals surface area contributed by atoms with Crippen molar-refractivity contribution in [3.63, 3.8) is 0 Å². The smallest absolute Gasteiger partial charge is 0.338 e. The molecule has 0 aromatic heterocycles. The summed E-state index contributed by atoms with van der Waals surface area (Å²) in [4.78, 5) is 28.6. The van der Waals surface area contributed by atoms with E-state index in [1.54, 1.807) is 12.1 Å². The largest absolute Gasteiger partial charge is 0.486 e. The molecule has 2 heterocycles. The molecule has 7 nitrogen and oxygen atoms in total. The van der Waals surface area contributed by atoms with Gasteiger partial charge in [0.2, 0.25) is 5.91 Å². The van der Waals surface area contributed by atoms with E-state index in [4.69, 9.17) is 14.2 Å². The summed E-state index contributed by atoms with van der Waals surface area (Å²) in [6.45, 7) is 5.72. The number of ether oxygens (including phenoxy) is 3. The van der Waals surface area contributed by atoms with Crippen molar-refractivity contribution in [2.75, 3.05) is 32.8 Å². The predicted octanol–water partition coefficient (Wildman–Crippen LogP) is 5.30. The number of rotatable bonds is 13. The van der Waals surface area contributed by atoms with Crippen molar-refractivity contribution in [1.82, 2.24) is 10.2 Å². The highest BCUT2D eigenvalue weighted by Crippen LogP contribution is 2.35. The lowest BCUT2D eigenvalue weighted by Crippen LogP contribution is -2.47. The molecule has 37 heavy (non-hydrogen) atoms. The number of likely N-dealkylation sites (tertiary alicyclic amines) is 1. The molecular formula is C30H40N2O5. The van der Waals surface area contributed by atoms with Gasteiger partial charge in [-0.25, -0.2) is 4.79 Å². The molecule has 0 radical (unpaired) electrons. The molecule has 2 aliphatic heterocycles. The van der Waals surface area contributed by atoms with Gasteiger partial charge in [-0.1, -0.05) is 56.9 Å². The standard InChI is InChI=1S/C30H40N2O5/c1-2-3-4-5-9-14-28(33)31-25(22-32-17-10-11-18-32)29(37-30(34)23-12-7-6-8-13-23)24-15-16-26-27(21-24)36-20-19-35-26/h6-8,12-13,15-16,21,25,29H,2-5,9-11,14,17-20,22H2,1H3,(H,31,33)/t25-,29-/m1/s1. The van der Waals surface area contributed by atoms with Gasteiger partial charge in [0.25, 0.3) is 0 Å². The van der Waals surface area contributed by atoms with E-state index in [1.807, 2.05) is 36.4 Å². The molecule has 2 atom stereocenters. The van der Waals surface area contributed by atoms with Gasteiger partial charge in [-0.05, 0) is 62.2 Å². The topological polar surface area (TPSA) is 77.1 Å². The van der Waals surface area contributed by atoms with Crippen LogP contribution in [0, 0.1) is 0 Å². The Morgan fingerprint density at radius 3 is 2.43 bits per heavy atom. The molecule has 2 aliphatic rings. The van der Waals surface area contributed by atoms with E-state index in [-0.39, 0.29) is 5.91 Å². The van der Waals surface area contributed by atoms with Gasteiger partial charge < -0.3 is 24.4 Å². The number of amides is 1. The molecule has 0 saturated carbocycles. The fraction of sp³-hybridized carbons (Fsp3) is 0.533. The van der Waals surface area contributed by atoms with Crippen LogP contribution in [0.3, 0.4) is 0 Å². The fourth-order valence-electron chi connectivity index (χ4n) is 5.01. The Balaban J connectivity index is 1.57. The number of carbonyl (C=O) groups is 2. The molecule has 0 unspecified atom stereocenters. The third-order valence-electron chi connectivity index (χ3n) is 7.01. The van der Waals surface area contributed by atoms with Crippen molar-refractivity contribution in [3.8, 4) is 11.5 Å². The van der Waals surface area contributed by atoms with Crippen molar-refractivity contribution in [1.29, 1.82) is 0 Å². The van der Waals surface area contributed by atoms with Crippen molar-refractivity contribution in [3.05, 3.63) is 59.7 Å². The Morgan fingerprint density at radius 2 is 1.68 bits per heavy atom. The Hall–Kier alpha value is -3.06. The molecule has 0 spiro atoms. The first-order valence-corrected chi connectivity index (χ1v) is 13.8. The number of hydrogen-bond acceptors (Lipinski definition) is 6.